The highest BCUT2D eigenvalue weighted by Gasteiger charge is 2.13. The van der Waals surface area contributed by atoms with Crippen molar-refractivity contribution in [1.29, 1.82) is 0 Å². The first kappa shape index (κ1) is 16.8. The first-order valence-corrected chi connectivity index (χ1v) is 8.22. The van der Waals surface area contributed by atoms with E-state index in [1.165, 1.54) is 25.4 Å². The van der Waals surface area contributed by atoms with Gasteiger partial charge in [0.25, 0.3) is 5.91 Å². The van der Waals surface area contributed by atoms with Crippen LogP contribution in [-0.4, -0.2) is 32.8 Å². The zero-order valence-electron chi connectivity index (χ0n) is 14.4. The number of nitrogens with one attached hydrogen (secondary N) is 2. The number of aromatic amines is 1. The number of amides is 1. The predicted molar refractivity (Wildman–Crippen MR) is 96.9 cm³/mol. The Morgan fingerprint density at radius 1 is 1.26 bits per heavy atom. The predicted octanol–water partition coefficient (Wildman–Crippen LogP) is 2.80. The minimum absolute atomic E-state index is 0.178. The highest BCUT2D eigenvalue weighted by Crippen LogP contribution is 2.20. The maximum absolute atomic E-state index is 13.6. The molecule has 0 bridgehead atoms. The van der Waals surface area contributed by atoms with E-state index in [4.69, 9.17) is 4.74 Å². The molecule has 136 valence electrons. The van der Waals surface area contributed by atoms with E-state index >= 15 is 0 Å². The molecule has 2 N–H and O–H groups in total. The summed E-state index contributed by atoms with van der Waals surface area (Å²) in [6.07, 6.45) is 6.83. The number of nitrogens with zero attached hydrogens (tertiary/aromatic N) is 3. The SMILES string of the molecule is COc1cc(F)cc(CNC(=O)c2cnn3cc(-c4cn[nH]c4)ccc23)c1. The van der Waals surface area contributed by atoms with E-state index in [-0.39, 0.29) is 12.5 Å². The fourth-order valence-electron chi connectivity index (χ4n) is 2.86. The summed E-state index contributed by atoms with van der Waals surface area (Å²) in [7, 11) is 1.47. The summed E-state index contributed by atoms with van der Waals surface area (Å²) in [5.41, 5.74) is 3.59. The molecule has 0 saturated carbocycles. The second kappa shape index (κ2) is 6.91. The molecule has 1 aromatic carbocycles. The maximum Gasteiger partial charge on any atom is 0.255 e. The van der Waals surface area contributed by atoms with Crippen LogP contribution in [0.5, 0.6) is 5.75 Å². The van der Waals surface area contributed by atoms with Crippen molar-refractivity contribution in [3.05, 3.63) is 72.1 Å². The third-order valence-electron chi connectivity index (χ3n) is 4.21. The molecule has 1 amide bonds. The van der Waals surface area contributed by atoms with Crippen molar-refractivity contribution in [2.24, 2.45) is 0 Å². The zero-order chi connectivity index (χ0) is 18.8. The van der Waals surface area contributed by atoms with Gasteiger partial charge in [0.2, 0.25) is 0 Å². The normalized spacial score (nSPS) is 10.9. The minimum atomic E-state index is -0.415. The Labute approximate surface area is 153 Å². The average molecular weight is 365 g/mol. The van der Waals surface area contributed by atoms with Crippen LogP contribution in [0.3, 0.4) is 0 Å². The van der Waals surface area contributed by atoms with Crippen molar-refractivity contribution in [3.8, 4) is 16.9 Å². The van der Waals surface area contributed by atoms with Crippen LogP contribution >= 0.6 is 0 Å². The van der Waals surface area contributed by atoms with Gasteiger partial charge in [0.15, 0.2) is 0 Å². The van der Waals surface area contributed by atoms with E-state index in [9.17, 15) is 9.18 Å². The van der Waals surface area contributed by atoms with Gasteiger partial charge in [0, 0.05) is 36.1 Å². The number of aromatic nitrogens is 4. The van der Waals surface area contributed by atoms with Gasteiger partial charge in [-0.3, -0.25) is 9.89 Å². The van der Waals surface area contributed by atoms with Crippen LogP contribution in [0.25, 0.3) is 16.6 Å². The topological polar surface area (TPSA) is 84.3 Å². The molecule has 0 spiro atoms. The Bertz CT molecular complexity index is 1100. The van der Waals surface area contributed by atoms with Crippen LogP contribution in [0.4, 0.5) is 4.39 Å². The number of halogens is 1. The third kappa shape index (κ3) is 3.37. The molecule has 0 aliphatic heterocycles. The third-order valence-corrected chi connectivity index (χ3v) is 4.21. The molecule has 8 heteroatoms. The number of ether oxygens (including phenoxy) is 1. The highest BCUT2D eigenvalue weighted by molar-refractivity contribution is 6.00. The fraction of sp³-hybridized carbons (Fsp3) is 0.105. The Hall–Kier alpha value is -3.68. The molecule has 0 aliphatic rings. The van der Waals surface area contributed by atoms with Crippen LogP contribution in [0.2, 0.25) is 0 Å². The molecule has 3 aromatic heterocycles. The van der Waals surface area contributed by atoms with Crippen molar-refractivity contribution in [2.45, 2.75) is 6.54 Å². The van der Waals surface area contributed by atoms with Gasteiger partial charge >= 0.3 is 0 Å². The first-order chi connectivity index (χ1) is 13.1. The zero-order valence-corrected chi connectivity index (χ0v) is 14.4. The van der Waals surface area contributed by atoms with Gasteiger partial charge in [0.1, 0.15) is 11.6 Å². The number of carbonyl (C=O) groups excluding carboxylic acids is 1. The van der Waals surface area contributed by atoms with E-state index in [0.717, 1.165) is 11.1 Å². The fourth-order valence-corrected chi connectivity index (χ4v) is 2.86. The standard InChI is InChI=1S/C19H16FN5O2/c1-27-16-5-12(4-15(20)6-16)7-21-19(26)17-10-24-25-11-13(2-3-18(17)25)14-8-22-23-9-14/h2-6,8-11H,7H2,1H3,(H,21,26)(H,22,23). The summed E-state index contributed by atoms with van der Waals surface area (Å²) >= 11 is 0. The Balaban J connectivity index is 1.54. The van der Waals surface area contributed by atoms with Crippen molar-refractivity contribution in [2.75, 3.05) is 7.11 Å². The lowest BCUT2D eigenvalue weighted by atomic mass is 10.1. The van der Waals surface area contributed by atoms with Gasteiger partial charge in [-0.15, -0.1) is 0 Å². The molecule has 0 aliphatic carbocycles. The minimum Gasteiger partial charge on any atom is -0.497 e. The van der Waals surface area contributed by atoms with E-state index in [1.54, 1.807) is 23.0 Å². The van der Waals surface area contributed by atoms with Crippen molar-refractivity contribution in [3.63, 3.8) is 0 Å². The summed E-state index contributed by atoms with van der Waals surface area (Å²) in [6.45, 7) is 0.178. The lowest BCUT2D eigenvalue weighted by Gasteiger charge is -2.07. The Kier molecular flexibility index (Phi) is 4.29. The van der Waals surface area contributed by atoms with Gasteiger partial charge in [0.05, 0.1) is 30.6 Å². The van der Waals surface area contributed by atoms with Gasteiger partial charge in [-0.05, 0) is 23.8 Å². The monoisotopic (exact) mass is 365 g/mol. The van der Waals surface area contributed by atoms with Gasteiger partial charge < -0.3 is 10.1 Å². The summed E-state index contributed by atoms with van der Waals surface area (Å²) in [5, 5.41) is 13.7. The number of H-pyrrole nitrogens is 1. The van der Waals surface area contributed by atoms with Crippen LogP contribution in [-0.2, 0) is 6.54 Å². The number of hydrogen-bond donors (Lipinski definition) is 2. The van der Waals surface area contributed by atoms with Crippen LogP contribution < -0.4 is 10.1 Å². The molecule has 0 saturated heterocycles. The second-order valence-corrected chi connectivity index (χ2v) is 5.97. The average Bonchev–Trinajstić information content (AvgIpc) is 3.34. The van der Waals surface area contributed by atoms with Crippen molar-refractivity contribution >= 4 is 11.4 Å². The second-order valence-electron chi connectivity index (χ2n) is 5.97. The molecule has 7 nitrogen and oxygen atoms in total. The van der Waals surface area contributed by atoms with E-state index in [0.29, 0.717) is 22.4 Å². The van der Waals surface area contributed by atoms with Crippen molar-refractivity contribution < 1.29 is 13.9 Å². The maximum atomic E-state index is 13.6. The van der Waals surface area contributed by atoms with Crippen LogP contribution in [0.1, 0.15) is 15.9 Å². The highest BCUT2D eigenvalue weighted by atomic mass is 19.1. The number of rotatable bonds is 5. The summed E-state index contributed by atoms with van der Waals surface area (Å²) in [5.74, 6) is -0.298. The van der Waals surface area contributed by atoms with Gasteiger partial charge in [-0.1, -0.05) is 6.07 Å². The van der Waals surface area contributed by atoms with E-state index < -0.39 is 5.82 Å². The number of hydrogen-bond acceptors (Lipinski definition) is 4. The molecule has 4 aromatic rings. The number of fused-ring (bicyclic) bond motifs is 1. The number of pyridine rings is 1. The van der Waals surface area contributed by atoms with Crippen LogP contribution in [0.15, 0.2) is 55.1 Å². The van der Waals surface area contributed by atoms with Gasteiger partial charge in [-0.2, -0.15) is 10.2 Å². The molecule has 4 rings (SSSR count). The Morgan fingerprint density at radius 2 is 2.15 bits per heavy atom. The molecule has 3 heterocycles. The number of carbonyl (C=O) groups is 1. The molecule has 27 heavy (non-hydrogen) atoms. The van der Waals surface area contributed by atoms with E-state index in [1.807, 2.05) is 18.3 Å². The summed E-state index contributed by atoms with van der Waals surface area (Å²) in [4.78, 5) is 12.5. The molecule has 0 radical (unpaired) electrons. The summed E-state index contributed by atoms with van der Waals surface area (Å²) in [6, 6.07) is 8.05. The lowest BCUT2D eigenvalue weighted by molar-refractivity contribution is 0.0952. The number of benzene rings is 1. The molecular weight excluding hydrogens is 349 g/mol. The molecular formula is C19H16FN5O2. The van der Waals surface area contributed by atoms with Crippen molar-refractivity contribution in [1.82, 2.24) is 25.1 Å². The quantitative estimate of drug-likeness (QED) is 0.570. The van der Waals surface area contributed by atoms with Gasteiger partial charge in [-0.25, -0.2) is 8.91 Å². The molecule has 0 fully saturated rings. The van der Waals surface area contributed by atoms with E-state index in [2.05, 4.69) is 20.6 Å². The summed E-state index contributed by atoms with van der Waals surface area (Å²) < 4.78 is 20.2. The lowest BCUT2D eigenvalue weighted by Crippen LogP contribution is -2.22. The Morgan fingerprint density at radius 3 is 2.93 bits per heavy atom. The molecule has 0 unspecified atom stereocenters. The first-order valence-electron chi connectivity index (χ1n) is 8.22. The largest absolute Gasteiger partial charge is 0.497 e. The van der Waals surface area contributed by atoms with Crippen LogP contribution in [0, 0.1) is 5.82 Å². The smallest absolute Gasteiger partial charge is 0.255 e. The molecule has 0 atom stereocenters. The number of methoxy groups -OCH3 is 1.